The van der Waals surface area contributed by atoms with E-state index in [0.717, 1.165) is 30.7 Å². The number of hydrogen-bond acceptors (Lipinski definition) is 4. The molecule has 0 saturated carbocycles. The average Bonchev–Trinajstić information content (AvgIpc) is 2.73. The van der Waals surface area contributed by atoms with Crippen LogP contribution < -0.4 is 0 Å². The molecule has 6 nitrogen and oxygen atoms in total. The van der Waals surface area contributed by atoms with Crippen LogP contribution in [0.2, 0.25) is 0 Å². The van der Waals surface area contributed by atoms with E-state index in [1.54, 1.807) is 12.4 Å². The van der Waals surface area contributed by atoms with Gasteiger partial charge in [0.05, 0.1) is 24.1 Å². The van der Waals surface area contributed by atoms with E-state index in [4.69, 9.17) is 0 Å². The normalized spacial score (nSPS) is 18.9. The summed E-state index contributed by atoms with van der Waals surface area (Å²) in [5, 5.41) is 0. The maximum absolute atomic E-state index is 13.1. The molecule has 0 atom stereocenters. The first-order valence-corrected chi connectivity index (χ1v) is 10.0. The van der Waals surface area contributed by atoms with Crippen molar-refractivity contribution >= 4 is 11.8 Å². The lowest BCUT2D eigenvalue weighted by atomic mass is 9.72. The third kappa shape index (κ3) is 4.28. The highest BCUT2D eigenvalue weighted by molar-refractivity contribution is 5.94. The standard InChI is InChI=1S/C22H25FN4O2/c1-16-12-25-19(13-24-16)14-27-15-22(7-6-20(27)28)8-10-26(11-9-22)21(29)17-2-4-18(23)5-3-17/h2-5,12-13H,6-11,14-15H2,1H3. The Morgan fingerprint density at radius 2 is 1.83 bits per heavy atom. The van der Waals surface area contributed by atoms with Crippen LogP contribution in [0.15, 0.2) is 36.7 Å². The molecule has 7 heteroatoms. The van der Waals surface area contributed by atoms with Gasteiger partial charge in [-0.15, -0.1) is 0 Å². The smallest absolute Gasteiger partial charge is 0.253 e. The molecular formula is C22H25FN4O2. The molecule has 4 rings (SSSR count). The predicted octanol–water partition coefficient (Wildman–Crippen LogP) is 2.97. The maximum Gasteiger partial charge on any atom is 0.253 e. The maximum atomic E-state index is 13.1. The number of carbonyl (C=O) groups excluding carboxylic acids is 2. The van der Waals surface area contributed by atoms with E-state index in [-0.39, 0.29) is 23.0 Å². The fourth-order valence-corrected chi connectivity index (χ4v) is 4.31. The van der Waals surface area contributed by atoms with Crippen molar-refractivity contribution in [1.29, 1.82) is 0 Å². The van der Waals surface area contributed by atoms with Gasteiger partial charge in [0.25, 0.3) is 5.91 Å². The highest BCUT2D eigenvalue weighted by Gasteiger charge is 2.41. The average molecular weight is 396 g/mol. The van der Waals surface area contributed by atoms with Crippen molar-refractivity contribution in [2.24, 2.45) is 5.41 Å². The SMILES string of the molecule is Cc1cnc(CN2CC3(CCC2=O)CCN(C(=O)c2ccc(F)cc2)CC3)cn1. The van der Waals surface area contributed by atoms with E-state index < -0.39 is 0 Å². The highest BCUT2D eigenvalue weighted by atomic mass is 19.1. The molecule has 2 fully saturated rings. The number of amides is 2. The molecule has 2 saturated heterocycles. The van der Waals surface area contributed by atoms with Crippen LogP contribution in [-0.4, -0.2) is 51.2 Å². The zero-order valence-electron chi connectivity index (χ0n) is 16.6. The first-order chi connectivity index (χ1) is 13.9. The number of benzene rings is 1. The molecule has 2 amide bonds. The summed E-state index contributed by atoms with van der Waals surface area (Å²) in [6, 6.07) is 5.70. The third-order valence-electron chi connectivity index (χ3n) is 6.14. The lowest BCUT2D eigenvalue weighted by molar-refractivity contribution is -0.139. The van der Waals surface area contributed by atoms with Gasteiger partial charge in [0, 0.05) is 37.8 Å². The van der Waals surface area contributed by atoms with Crippen molar-refractivity contribution in [3.8, 4) is 0 Å². The minimum absolute atomic E-state index is 0.0472. The van der Waals surface area contributed by atoms with Crippen LogP contribution in [0.4, 0.5) is 4.39 Å². The Hall–Kier alpha value is -2.83. The first kappa shape index (κ1) is 19.5. The minimum Gasteiger partial charge on any atom is -0.339 e. The number of carbonyl (C=O) groups is 2. The molecule has 2 aromatic rings. The van der Waals surface area contributed by atoms with Crippen molar-refractivity contribution in [3.63, 3.8) is 0 Å². The Kier molecular flexibility index (Phi) is 5.30. The van der Waals surface area contributed by atoms with Crippen molar-refractivity contribution in [2.75, 3.05) is 19.6 Å². The lowest BCUT2D eigenvalue weighted by Crippen LogP contribution is -2.52. The molecule has 0 radical (unpaired) electrons. The second-order valence-corrected chi connectivity index (χ2v) is 8.20. The Bertz CT molecular complexity index is 890. The predicted molar refractivity (Wildman–Crippen MR) is 105 cm³/mol. The molecule has 1 spiro atoms. The number of rotatable bonds is 3. The summed E-state index contributed by atoms with van der Waals surface area (Å²) in [5.41, 5.74) is 2.21. The number of aromatic nitrogens is 2. The summed E-state index contributed by atoms with van der Waals surface area (Å²) in [4.78, 5) is 37.5. The molecule has 1 aromatic carbocycles. The van der Waals surface area contributed by atoms with Crippen LogP contribution >= 0.6 is 0 Å². The molecule has 3 heterocycles. The number of nitrogens with zero attached hydrogens (tertiary/aromatic N) is 4. The van der Waals surface area contributed by atoms with Crippen molar-refractivity contribution in [3.05, 3.63) is 59.4 Å². The van der Waals surface area contributed by atoms with Crippen molar-refractivity contribution in [1.82, 2.24) is 19.8 Å². The van der Waals surface area contributed by atoms with Gasteiger partial charge in [-0.1, -0.05) is 0 Å². The van der Waals surface area contributed by atoms with Crippen LogP contribution in [0, 0.1) is 18.2 Å². The number of likely N-dealkylation sites (tertiary alicyclic amines) is 2. The summed E-state index contributed by atoms with van der Waals surface area (Å²) in [7, 11) is 0. The van der Waals surface area contributed by atoms with Gasteiger partial charge in [0.15, 0.2) is 0 Å². The van der Waals surface area contributed by atoms with Crippen LogP contribution in [0.5, 0.6) is 0 Å². The zero-order valence-corrected chi connectivity index (χ0v) is 16.6. The molecule has 0 N–H and O–H groups in total. The van der Waals surface area contributed by atoms with Crippen LogP contribution in [0.25, 0.3) is 0 Å². The highest BCUT2D eigenvalue weighted by Crippen LogP contribution is 2.40. The van der Waals surface area contributed by atoms with Crippen molar-refractivity contribution in [2.45, 2.75) is 39.2 Å². The Labute approximate surface area is 169 Å². The van der Waals surface area contributed by atoms with Crippen LogP contribution in [0.3, 0.4) is 0 Å². The summed E-state index contributed by atoms with van der Waals surface area (Å²) >= 11 is 0. The second-order valence-electron chi connectivity index (χ2n) is 8.20. The first-order valence-electron chi connectivity index (χ1n) is 10.0. The number of aryl methyl sites for hydroxylation is 1. The van der Waals surface area contributed by atoms with Gasteiger partial charge in [0.2, 0.25) is 5.91 Å². The number of halogens is 1. The Morgan fingerprint density at radius 3 is 2.48 bits per heavy atom. The van der Waals surface area contributed by atoms with Gasteiger partial charge in [0.1, 0.15) is 5.82 Å². The van der Waals surface area contributed by atoms with E-state index in [9.17, 15) is 14.0 Å². The molecular weight excluding hydrogens is 371 g/mol. The van der Waals surface area contributed by atoms with Gasteiger partial charge in [-0.2, -0.15) is 0 Å². The second kappa shape index (κ2) is 7.89. The summed E-state index contributed by atoms with van der Waals surface area (Å²) in [6.45, 7) is 4.37. The van der Waals surface area contributed by atoms with E-state index in [2.05, 4.69) is 9.97 Å². The van der Waals surface area contributed by atoms with Gasteiger partial charge >= 0.3 is 0 Å². The zero-order chi connectivity index (χ0) is 20.4. The van der Waals surface area contributed by atoms with E-state index >= 15 is 0 Å². The van der Waals surface area contributed by atoms with E-state index in [0.29, 0.717) is 38.2 Å². The molecule has 152 valence electrons. The molecule has 0 bridgehead atoms. The fourth-order valence-electron chi connectivity index (χ4n) is 4.31. The van der Waals surface area contributed by atoms with Crippen molar-refractivity contribution < 1.29 is 14.0 Å². The molecule has 29 heavy (non-hydrogen) atoms. The third-order valence-corrected chi connectivity index (χ3v) is 6.14. The molecule has 2 aliphatic heterocycles. The van der Waals surface area contributed by atoms with Gasteiger partial charge in [-0.25, -0.2) is 4.39 Å². The number of hydrogen-bond donors (Lipinski definition) is 0. The molecule has 0 unspecified atom stereocenters. The Balaban J connectivity index is 1.39. The summed E-state index contributed by atoms with van der Waals surface area (Å²) in [5.74, 6) is -0.245. The van der Waals surface area contributed by atoms with Gasteiger partial charge in [-0.05, 0) is 55.9 Å². The Morgan fingerprint density at radius 1 is 1.10 bits per heavy atom. The van der Waals surface area contributed by atoms with Gasteiger partial charge < -0.3 is 9.80 Å². The minimum atomic E-state index is -0.343. The summed E-state index contributed by atoms with van der Waals surface area (Å²) in [6.07, 6.45) is 6.57. The number of piperidine rings is 2. The largest absolute Gasteiger partial charge is 0.339 e. The fraction of sp³-hybridized carbons (Fsp3) is 0.455. The lowest BCUT2D eigenvalue weighted by Gasteiger charge is -2.47. The molecule has 2 aliphatic rings. The van der Waals surface area contributed by atoms with Crippen LogP contribution in [-0.2, 0) is 11.3 Å². The van der Waals surface area contributed by atoms with E-state index in [1.165, 1.54) is 24.3 Å². The molecule has 0 aliphatic carbocycles. The quantitative estimate of drug-likeness (QED) is 0.800. The topological polar surface area (TPSA) is 66.4 Å². The molecule has 1 aromatic heterocycles. The summed E-state index contributed by atoms with van der Waals surface area (Å²) < 4.78 is 13.1. The van der Waals surface area contributed by atoms with E-state index in [1.807, 2.05) is 16.7 Å². The van der Waals surface area contributed by atoms with Crippen LogP contribution in [0.1, 0.15) is 47.4 Å². The monoisotopic (exact) mass is 396 g/mol. The van der Waals surface area contributed by atoms with Gasteiger partial charge in [-0.3, -0.25) is 19.6 Å².